The first kappa shape index (κ1) is 22.6. The topological polar surface area (TPSA) is 66.9 Å². The van der Waals surface area contributed by atoms with E-state index in [4.69, 9.17) is 14.5 Å². The van der Waals surface area contributed by atoms with Crippen molar-refractivity contribution in [2.24, 2.45) is 11.8 Å². The molecule has 2 saturated heterocycles. The van der Waals surface area contributed by atoms with Crippen molar-refractivity contribution >= 4 is 22.5 Å². The molecule has 0 spiro atoms. The van der Waals surface area contributed by atoms with Crippen molar-refractivity contribution in [3.05, 3.63) is 60.2 Å². The van der Waals surface area contributed by atoms with E-state index in [9.17, 15) is 9.18 Å². The van der Waals surface area contributed by atoms with Crippen LogP contribution in [-0.2, 0) is 4.79 Å². The van der Waals surface area contributed by atoms with Crippen LogP contribution in [0.1, 0.15) is 12.8 Å². The molecule has 3 aromatic rings. The zero-order valence-corrected chi connectivity index (χ0v) is 20.5. The van der Waals surface area contributed by atoms with Gasteiger partial charge in [-0.05, 0) is 48.7 Å². The first-order chi connectivity index (χ1) is 17.5. The summed E-state index contributed by atoms with van der Waals surface area (Å²) in [7, 11) is 3.33. The minimum Gasteiger partial charge on any atom is -0.494 e. The highest BCUT2D eigenvalue weighted by atomic mass is 19.1. The van der Waals surface area contributed by atoms with Crippen LogP contribution in [0.25, 0.3) is 22.2 Å². The normalized spacial score (nSPS) is 21.4. The second-order valence-electron chi connectivity index (χ2n) is 9.79. The van der Waals surface area contributed by atoms with Gasteiger partial charge < -0.3 is 24.6 Å². The Labute approximate surface area is 209 Å². The first-order valence-electron chi connectivity index (χ1n) is 12.4. The number of nitrogens with one attached hydrogen (secondary N) is 1. The number of aromatic nitrogens is 1. The van der Waals surface area contributed by atoms with E-state index in [1.165, 1.54) is 13.2 Å². The molecule has 1 amide bonds. The molecule has 7 nitrogen and oxygen atoms in total. The molecule has 3 aliphatic rings. The zero-order valence-electron chi connectivity index (χ0n) is 20.5. The number of nitrogens with zero attached hydrogens (tertiary/aromatic N) is 3. The van der Waals surface area contributed by atoms with E-state index in [0.717, 1.165) is 66.3 Å². The molecule has 6 rings (SSSR count). The van der Waals surface area contributed by atoms with Crippen molar-refractivity contribution in [1.29, 1.82) is 0 Å². The maximum absolute atomic E-state index is 14.8. The Kier molecular flexibility index (Phi) is 5.66. The van der Waals surface area contributed by atoms with Crippen molar-refractivity contribution in [1.82, 2.24) is 15.2 Å². The van der Waals surface area contributed by atoms with E-state index in [1.807, 2.05) is 48.5 Å². The van der Waals surface area contributed by atoms with E-state index in [2.05, 4.69) is 10.2 Å². The monoisotopic (exact) mass is 488 g/mol. The molecule has 0 radical (unpaired) electrons. The number of anilines is 1. The van der Waals surface area contributed by atoms with Crippen LogP contribution in [0.2, 0.25) is 0 Å². The highest BCUT2D eigenvalue weighted by molar-refractivity contribution is 5.96. The maximum Gasteiger partial charge on any atom is 0.227 e. The van der Waals surface area contributed by atoms with Crippen LogP contribution in [0, 0.1) is 17.7 Å². The van der Waals surface area contributed by atoms with Gasteiger partial charge in [0.2, 0.25) is 5.91 Å². The molecule has 2 atom stereocenters. The van der Waals surface area contributed by atoms with Gasteiger partial charge in [0.05, 0.1) is 24.2 Å². The van der Waals surface area contributed by atoms with Gasteiger partial charge in [0.15, 0.2) is 11.6 Å². The molecule has 2 fully saturated rings. The van der Waals surface area contributed by atoms with Gasteiger partial charge in [-0.3, -0.25) is 4.79 Å². The lowest BCUT2D eigenvalue weighted by molar-refractivity contribution is -0.137. The van der Waals surface area contributed by atoms with E-state index >= 15 is 0 Å². The summed E-state index contributed by atoms with van der Waals surface area (Å²) in [6.07, 6.45) is 3.74. The fraction of sp³-hybridized carbons (Fsp3) is 0.357. The summed E-state index contributed by atoms with van der Waals surface area (Å²) < 4.78 is 25.9. The molecule has 2 unspecified atom stereocenters. The molecular formula is C28H29FN4O3. The Bertz CT molecular complexity index is 1360. The summed E-state index contributed by atoms with van der Waals surface area (Å²) in [6.45, 7) is 3.06. The highest BCUT2D eigenvalue weighted by Gasteiger charge is 2.42. The number of hydrogen-bond donors (Lipinski definition) is 1. The molecule has 8 heteroatoms. The van der Waals surface area contributed by atoms with Crippen molar-refractivity contribution in [2.75, 3.05) is 45.2 Å². The van der Waals surface area contributed by atoms with Crippen LogP contribution in [0.4, 0.5) is 10.1 Å². The lowest BCUT2D eigenvalue weighted by Gasteiger charge is -2.30. The van der Waals surface area contributed by atoms with Gasteiger partial charge >= 0.3 is 0 Å². The minimum absolute atomic E-state index is 0.0330. The van der Waals surface area contributed by atoms with E-state index in [0.29, 0.717) is 18.0 Å². The molecule has 4 heterocycles. The third kappa shape index (κ3) is 4.00. The number of benzene rings is 2. The van der Waals surface area contributed by atoms with Gasteiger partial charge in [0.1, 0.15) is 11.5 Å². The predicted octanol–water partition coefficient (Wildman–Crippen LogP) is 4.18. The fourth-order valence-electron chi connectivity index (χ4n) is 5.55. The van der Waals surface area contributed by atoms with Crippen LogP contribution in [0.3, 0.4) is 0 Å². The third-order valence-electron chi connectivity index (χ3n) is 7.55. The van der Waals surface area contributed by atoms with Gasteiger partial charge in [-0.15, -0.1) is 0 Å². The van der Waals surface area contributed by atoms with Crippen LogP contribution in [0.5, 0.6) is 11.5 Å². The summed E-state index contributed by atoms with van der Waals surface area (Å²) in [4.78, 5) is 21.7. The van der Waals surface area contributed by atoms with Crippen LogP contribution >= 0.6 is 0 Å². The number of likely N-dealkylation sites (tertiary alicyclic amines) is 1. The Morgan fingerprint density at radius 2 is 1.97 bits per heavy atom. The third-order valence-corrected chi connectivity index (χ3v) is 7.55. The van der Waals surface area contributed by atoms with E-state index < -0.39 is 5.82 Å². The Morgan fingerprint density at radius 3 is 2.72 bits per heavy atom. The summed E-state index contributed by atoms with van der Waals surface area (Å²) in [5.74, 6) is 1.89. The number of rotatable bonds is 5. The molecule has 186 valence electrons. The van der Waals surface area contributed by atoms with Gasteiger partial charge in [-0.2, -0.15) is 0 Å². The number of fused-ring (bicyclic) bond motifs is 2. The first-order valence-corrected chi connectivity index (χ1v) is 12.4. The van der Waals surface area contributed by atoms with Gasteiger partial charge in [-0.1, -0.05) is 0 Å². The molecule has 0 aliphatic carbocycles. The second-order valence-corrected chi connectivity index (χ2v) is 9.79. The molecule has 0 saturated carbocycles. The average Bonchev–Trinajstić information content (AvgIpc) is 3.56. The summed E-state index contributed by atoms with van der Waals surface area (Å²) in [6, 6.07) is 13.0. The van der Waals surface area contributed by atoms with Crippen molar-refractivity contribution in [3.8, 4) is 22.8 Å². The van der Waals surface area contributed by atoms with Gasteiger partial charge in [-0.25, -0.2) is 9.37 Å². The van der Waals surface area contributed by atoms with Crippen molar-refractivity contribution < 1.29 is 18.7 Å². The number of carbonyl (C=O) groups excluding carboxylic acids is 1. The van der Waals surface area contributed by atoms with Crippen molar-refractivity contribution in [3.63, 3.8) is 0 Å². The standard InChI is InChI=1S/C28H29FN4O3/c1-32-10-8-18-15-33(16-22(18)28(32)34)26-12-24(31-25-13-27(35-2)23(29)11-21(25)26)17-3-5-19(6-4-17)36-20-7-9-30-14-20/h3-6,11-14,18,22,30H,7-10,15-16H2,1-2H3. The molecule has 1 aromatic heterocycles. The number of carbonyl (C=O) groups is 1. The molecule has 0 bridgehead atoms. The van der Waals surface area contributed by atoms with Crippen molar-refractivity contribution in [2.45, 2.75) is 12.8 Å². The molecule has 3 aliphatic heterocycles. The van der Waals surface area contributed by atoms with Gasteiger partial charge in [0.25, 0.3) is 0 Å². The SMILES string of the molecule is COc1cc2nc(-c3ccc(OC4=CNCC4)cc3)cc(N3CC4CCN(C)C(=O)C4C3)c2cc1F. The lowest BCUT2D eigenvalue weighted by atomic mass is 9.88. The average molecular weight is 489 g/mol. The summed E-state index contributed by atoms with van der Waals surface area (Å²) in [5.41, 5.74) is 3.25. The number of ether oxygens (including phenoxy) is 2. The quantitative estimate of drug-likeness (QED) is 0.581. The number of halogens is 1. The van der Waals surface area contributed by atoms with Crippen LogP contribution < -0.4 is 19.7 Å². The fourth-order valence-corrected chi connectivity index (χ4v) is 5.55. The number of pyridine rings is 1. The number of methoxy groups -OCH3 is 1. The maximum atomic E-state index is 14.8. The number of hydrogen-bond acceptors (Lipinski definition) is 6. The molecule has 36 heavy (non-hydrogen) atoms. The second kappa shape index (κ2) is 9.00. The van der Waals surface area contributed by atoms with E-state index in [1.54, 1.807) is 6.07 Å². The molecule has 2 aromatic carbocycles. The number of piperidine rings is 1. The lowest BCUT2D eigenvalue weighted by Crippen LogP contribution is -2.42. The minimum atomic E-state index is -0.426. The predicted molar refractivity (Wildman–Crippen MR) is 136 cm³/mol. The van der Waals surface area contributed by atoms with Gasteiger partial charge in [0, 0.05) is 68.6 Å². The van der Waals surface area contributed by atoms with Crippen LogP contribution in [-0.4, -0.2) is 56.1 Å². The Hall–Kier alpha value is -3.81. The van der Waals surface area contributed by atoms with Crippen LogP contribution in [0.15, 0.2) is 54.4 Å². The number of amides is 1. The Balaban J connectivity index is 1.39. The smallest absolute Gasteiger partial charge is 0.227 e. The zero-order chi connectivity index (χ0) is 24.8. The Morgan fingerprint density at radius 1 is 1.14 bits per heavy atom. The van der Waals surface area contributed by atoms with E-state index in [-0.39, 0.29) is 17.6 Å². The summed E-state index contributed by atoms with van der Waals surface area (Å²) >= 11 is 0. The summed E-state index contributed by atoms with van der Waals surface area (Å²) in [5, 5.41) is 3.87. The highest BCUT2D eigenvalue weighted by Crippen LogP contribution is 2.40. The molecular weight excluding hydrogens is 459 g/mol. The molecule has 1 N–H and O–H groups in total. The largest absolute Gasteiger partial charge is 0.494 e.